The van der Waals surface area contributed by atoms with Crippen LogP contribution in [0.25, 0.3) is 0 Å². The molecule has 2 heterocycles. The Morgan fingerprint density at radius 3 is 2.41 bits per heavy atom. The molecule has 188 valence electrons. The molecule has 1 aromatic rings. The molecule has 10 nitrogen and oxygen atoms in total. The van der Waals surface area contributed by atoms with Crippen molar-refractivity contribution in [1.29, 1.82) is 0 Å². The van der Waals surface area contributed by atoms with Gasteiger partial charge < -0.3 is 30.7 Å². The van der Waals surface area contributed by atoms with Gasteiger partial charge in [-0.2, -0.15) is 0 Å². The zero-order valence-corrected chi connectivity index (χ0v) is 19.9. The number of ether oxygens (including phenoxy) is 1. The Morgan fingerprint density at radius 1 is 1.12 bits per heavy atom. The van der Waals surface area contributed by atoms with Gasteiger partial charge in [-0.25, -0.2) is 9.59 Å². The molecule has 0 aliphatic carbocycles. The molecule has 34 heavy (non-hydrogen) atoms. The lowest BCUT2D eigenvalue weighted by Crippen LogP contribution is -2.52. The molecular weight excluding hydrogens is 438 g/mol. The summed E-state index contributed by atoms with van der Waals surface area (Å²) in [6.45, 7) is 8.12. The van der Waals surface area contributed by atoms with E-state index in [2.05, 4.69) is 25.8 Å². The van der Waals surface area contributed by atoms with Gasteiger partial charge in [0.15, 0.2) is 0 Å². The molecule has 0 saturated carbocycles. The van der Waals surface area contributed by atoms with Gasteiger partial charge in [-0.3, -0.25) is 9.69 Å². The lowest BCUT2D eigenvalue weighted by Gasteiger charge is -2.41. The van der Waals surface area contributed by atoms with Crippen molar-refractivity contribution in [1.82, 2.24) is 20.9 Å². The number of hydrogen-bond acceptors (Lipinski definition) is 7. The van der Waals surface area contributed by atoms with Crippen LogP contribution < -0.4 is 20.9 Å². The summed E-state index contributed by atoms with van der Waals surface area (Å²) in [6, 6.07) is 6.74. The standard InChI is InChI=1S/C24H37N5O5/c1-2-3-16-34-24(33)27-21(23(31)32)17-26-22(30)18-4-6-19(7-5-18)28-12-14-29(15-13-28)20-8-10-25-11-9-20/h4-7,20-21,25H,2-3,8-17H2,1H3,(H,26,30)(H,27,33)(H,31,32)/t21-/m0/s1. The first-order valence-electron chi connectivity index (χ1n) is 12.2. The maximum atomic E-state index is 12.5. The van der Waals surface area contributed by atoms with Crippen molar-refractivity contribution < 1.29 is 24.2 Å². The van der Waals surface area contributed by atoms with Gasteiger partial charge in [0, 0.05) is 50.0 Å². The minimum atomic E-state index is -1.27. The van der Waals surface area contributed by atoms with Crippen LogP contribution in [0, 0.1) is 0 Å². The smallest absolute Gasteiger partial charge is 0.407 e. The lowest BCUT2D eigenvalue weighted by molar-refractivity contribution is -0.139. The normalized spacial score (nSPS) is 18.2. The van der Waals surface area contributed by atoms with Crippen molar-refractivity contribution in [3.05, 3.63) is 29.8 Å². The number of piperidine rings is 1. The van der Waals surface area contributed by atoms with Crippen LogP contribution in [0.15, 0.2) is 24.3 Å². The van der Waals surface area contributed by atoms with E-state index in [1.807, 2.05) is 19.1 Å². The minimum absolute atomic E-state index is 0.223. The summed E-state index contributed by atoms with van der Waals surface area (Å²) < 4.78 is 4.93. The Kier molecular flexibility index (Phi) is 9.96. The zero-order chi connectivity index (χ0) is 24.3. The van der Waals surface area contributed by atoms with Gasteiger partial charge in [0.1, 0.15) is 6.04 Å². The van der Waals surface area contributed by atoms with Crippen LogP contribution in [0.5, 0.6) is 0 Å². The second kappa shape index (κ2) is 13.1. The predicted molar refractivity (Wildman–Crippen MR) is 129 cm³/mol. The summed E-state index contributed by atoms with van der Waals surface area (Å²) in [5, 5.41) is 17.6. The number of carboxylic acids is 1. The van der Waals surface area contributed by atoms with Gasteiger partial charge in [0.25, 0.3) is 5.91 Å². The van der Waals surface area contributed by atoms with E-state index in [1.165, 1.54) is 12.8 Å². The van der Waals surface area contributed by atoms with Crippen LogP contribution in [0.3, 0.4) is 0 Å². The summed E-state index contributed by atoms with van der Waals surface area (Å²) in [4.78, 5) is 40.6. The number of unbranched alkanes of at least 4 members (excludes halogenated alkanes) is 1. The van der Waals surface area contributed by atoms with Crippen molar-refractivity contribution in [2.45, 2.75) is 44.7 Å². The molecule has 2 aliphatic rings. The third-order valence-electron chi connectivity index (χ3n) is 6.42. The van der Waals surface area contributed by atoms with Crippen molar-refractivity contribution in [3.63, 3.8) is 0 Å². The Bertz CT molecular complexity index is 804. The molecule has 3 rings (SSSR count). The molecule has 4 N–H and O–H groups in total. The van der Waals surface area contributed by atoms with Crippen molar-refractivity contribution in [2.24, 2.45) is 0 Å². The fourth-order valence-corrected chi connectivity index (χ4v) is 4.33. The number of carboxylic acid groups (broad SMARTS) is 1. The number of nitrogens with one attached hydrogen (secondary N) is 3. The topological polar surface area (TPSA) is 123 Å². The van der Waals surface area contributed by atoms with Crippen LogP contribution in [-0.2, 0) is 9.53 Å². The second-order valence-corrected chi connectivity index (χ2v) is 8.79. The average molecular weight is 476 g/mol. The monoisotopic (exact) mass is 475 g/mol. The Morgan fingerprint density at radius 2 is 1.79 bits per heavy atom. The first-order valence-corrected chi connectivity index (χ1v) is 12.2. The first-order chi connectivity index (χ1) is 16.5. The summed E-state index contributed by atoms with van der Waals surface area (Å²) in [5.74, 6) is -1.64. The summed E-state index contributed by atoms with van der Waals surface area (Å²) in [5.41, 5.74) is 1.51. The molecule has 0 aromatic heterocycles. The molecule has 0 unspecified atom stereocenters. The van der Waals surface area contributed by atoms with E-state index in [4.69, 9.17) is 4.74 Å². The number of carbonyl (C=O) groups excluding carboxylic acids is 2. The number of amides is 2. The first kappa shape index (κ1) is 25.8. The number of aliphatic carboxylic acids is 1. The number of benzene rings is 1. The van der Waals surface area contributed by atoms with Gasteiger partial charge in [0.2, 0.25) is 0 Å². The number of anilines is 1. The number of rotatable bonds is 10. The van der Waals surface area contributed by atoms with Crippen molar-refractivity contribution >= 4 is 23.7 Å². The van der Waals surface area contributed by atoms with Crippen LogP contribution in [0.2, 0.25) is 0 Å². The number of hydrogen-bond donors (Lipinski definition) is 4. The summed E-state index contributed by atoms with van der Waals surface area (Å²) in [6.07, 6.45) is 3.18. The lowest BCUT2D eigenvalue weighted by atomic mass is 10.0. The summed E-state index contributed by atoms with van der Waals surface area (Å²) in [7, 11) is 0. The quantitative estimate of drug-likeness (QED) is 0.373. The maximum absolute atomic E-state index is 12.5. The molecule has 2 aliphatic heterocycles. The van der Waals surface area contributed by atoms with Gasteiger partial charge in [-0.05, 0) is 56.6 Å². The molecule has 2 amide bonds. The highest BCUT2D eigenvalue weighted by molar-refractivity contribution is 5.95. The highest BCUT2D eigenvalue weighted by atomic mass is 16.5. The number of carbonyl (C=O) groups is 3. The van der Waals surface area contributed by atoms with E-state index < -0.39 is 24.0 Å². The van der Waals surface area contributed by atoms with E-state index in [0.717, 1.165) is 51.4 Å². The molecule has 2 fully saturated rings. The van der Waals surface area contributed by atoms with Gasteiger partial charge in [-0.15, -0.1) is 0 Å². The Labute approximate surface area is 201 Å². The van der Waals surface area contributed by atoms with Gasteiger partial charge in [0.05, 0.1) is 6.61 Å². The van der Waals surface area contributed by atoms with E-state index in [0.29, 0.717) is 18.0 Å². The third kappa shape index (κ3) is 7.59. The van der Waals surface area contributed by atoms with Gasteiger partial charge in [-0.1, -0.05) is 13.3 Å². The highest BCUT2D eigenvalue weighted by Gasteiger charge is 2.25. The zero-order valence-electron chi connectivity index (χ0n) is 19.9. The molecule has 2 saturated heterocycles. The van der Waals surface area contributed by atoms with Gasteiger partial charge >= 0.3 is 12.1 Å². The third-order valence-corrected chi connectivity index (χ3v) is 6.42. The van der Waals surface area contributed by atoms with Crippen molar-refractivity contribution in [3.8, 4) is 0 Å². The van der Waals surface area contributed by atoms with Crippen LogP contribution in [0.1, 0.15) is 43.0 Å². The van der Waals surface area contributed by atoms with Crippen LogP contribution in [-0.4, -0.2) is 92.5 Å². The Hall–Kier alpha value is -2.85. The molecule has 1 aromatic carbocycles. The van der Waals surface area contributed by atoms with E-state index in [1.54, 1.807) is 12.1 Å². The SMILES string of the molecule is CCCCOC(=O)N[C@@H](CNC(=O)c1ccc(N2CCN(C3CCNCC3)CC2)cc1)C(=O)O. The fourth-order valence-electron chi connectivity index (χ4n) is 4.33. The van der Waals surface area contributed by atoms with E-state index in [9.17, 15) is 19.5 Å². The second-order valence-electron chi connectivity index (χ2n) is 8.79. The molecular formula is C24H37N5O5. The average Bonchev–Trinajstić information content (AvgIpc) is 2.87. The van der Waals surface area contributed by atoms with Crippen molar-refractivity contribution in [2.75, 3.05) is 57.3 Å². The molecule has 10 heteroatoms. The predicted octanol–water partition coefficient (Wildman–Crippen LogP) is 1.27. The number of nitrogens with zero attached hydrogens (tertiary/aromatic N) is 2. The largest absolute Gasteiger partial charge is 0.480 e. The molecule has 0 bridgehead atoms. The van der Waals surface area contributed by atoms with E-state index in [-0.39, 0.29) is 13.2 Å². The number of piperazine rings is 1. The van der Waals surface area contributed by atoms with Crippen LogP contribution >= 0.6 is 0 Å². The fraction of sp³-hybridized carbons (Fsp3) is 0.625. The number of alkyl carbamates (subject to hydrolysis) is 1. The molecule has 1 atom stereocenters. The summed E-state index contributed by atoms with van der Waals surface area (Å²) >= 11 is 0. The molecule has 0 radical (unpaired) electrons. The highest BCUT2D eigenvalue weighted by Crippen LogP contribution is 2.20. The molecule has 0 spiro atoms. The minimum Gasteiger partial charge on any atom is -0.480 e. The maximum Gasteiger partial charge on any atom is 0.407 e. The Balaban J connectivity index is 1.45. The van der Waals surface area contributed by atoms with Crippen LogP contribution in [0.4, 0.5) is 10.5 Å². The van der Waals surface area contributed by atoms with E-state index >= 15 is 0 Å².